The largest absolute Gasteiger partial charge is 0.372 e. The summed E-state index contributed by atoms with van der Waals surface area (Å²) in [5.74, 6) is 1.11. The van der Waals surface area contributed by atoms with Gasteiger partial charge < -0.3 is 4.90 Å². The average molecular weight is 418 g/mol. The summed E-state index contributed by atoms with van der Waals surface area (Å²) < 4.78 is 0. The van der Waals surface area contributed by atoms with Crippen LogP contribution in [-0.2, 0) is 4.79 Å². The Kier molecular flexibility index (Phi) is 8.28. The smallest absolute Gasteiger partial charge is 0.187 e. The minimum absolute atomic E-state index is 0.0267. The van der Waals surface area contributed by atoms with Crippen LogP contribution in [0.25, 0.3) is 0 Å². The van der Waals surface area contributed by atoms with Crippen LogP contribution in [0, 0.1) is 28.1 Å². The van der Waals surface area contributed by atoms with Gasteiger partial charge in [-0.2, -0.15) is 0 Å². The lowest BCUT2D eigenvalue weighted by Gasteiger charge is -2.44. The second-order valence-corrected chi connectivity index (χ2v) is 13.1. The fourth-order valence-corrected chi connectivity index (χ4v) is 4.53. The van der Waals surface area contributed by atoms with Crippen molar-refractivity contribution < 1.29 is 4.79 Å². The average Bonchev–Trinajstić information content (AvgIpc) is 2.55. The van der Waals surface area contributed by atoms with Gasteiger partial charge in [-0.3, -0.25) is 4.79 Å². The lowest BCUT2D eigenvalue weighted by Crippen LogP contribution is -2.44. The molecule has 0 aromatic carbocycles. The monoisotopic (exact) mass is 417 g/mol. The van der Waals surface area contributed by atoms with Crippen LogP contribution in [0.5, 0.6) is 0 Å². The lowest BCUT2D eigenvalue weighted by atomic mass is 9.68. The number of carbonyl (C=O) groups excluding carboxylic acids is 1. The minimum atomic E-state index is -0.126. The van der Waals surface area contributed by atoms with E-state index in [0.717, 1.165) is 37.0 Å². The summed E-state index contributed by atoms with van der Waals surface area (Å²) in [6.07, 6.45) is 7.62. The fourth-order valence-electron chi connectivity index (χ4n) is 4.53. The number of Topliss-reactive ketones (excluding diaryl/α,β-unsaturated/α-hetero) is 1. The maximum atomic E-state index is 14.2. The normalized spacial score (nSPS) is 20.6. The van der Waals surface area contributed by atoms with Gasteiger partial charge in [-0.05, 0) is 61.7 Å². The number of carbonyl (C=O) groups is 1. The van der Waals surface area contributed by atoms with Crippen LogP contribution in [-0.4, -0.2) is 22.8 Å². The van der Waals surface area contributed by atoms with Gasteiger partial charge in [-0.25, -0.2) is 0 Å². The third kappa shape index (κ3) is 6.47. The van der Waals surface area contributed by atoms with Gasteiger partial charge in [0.1, 0.15) is 0 Å². The third-order valence-electron chi connectivity index (χ3n) is 7.53. The van der Waals surface area contributed by atoms with Gasteiger partial charge in [-0.1, -0.05) is 81.7 Å². The predicted octanol–water partition coefficient (Wildman–Crippen LogP) is 8.04. The van der Waals surface area contributed by atoms with Crippen molar-refractivity contribution >= 4 is 5.78 Å². The molecule has 0 saturated carbocycles. The number of hydrogen-bond donors (Lipinski definition) is 0. The number of ketones is 1. The van der Waals surface area contributed by atoms with Gasteiger partial charge in [0.2, 0.25) is 0 Å². The molecule has 1 aliphatic rings. The van der Waals surface area contributed by atoms with Crippen LogP contribution in [0.15, 0.2) is 23.4 Å². The summed E-state index contributed by atoms with van der Waals surface area (Å²) in [4.78, 5) is 16.5. The van der Waals surface area contributed by atoms with E-state index >= 15 is 0 Å². The van der Waals surface area contributed by atoms with E-state index in [2.05, 4.69) is 107 Å². The Morgan fingerprint density at radius 3 is 2.07 bits per heavy atom. The van der Waals surface area contributed by atoms with E-state index in [-0.39, 0.29) is 27.6 Å². The Balaban J connectivity index is 3.54. The van der Waals surface area contributed by atoms with Crippen molar-refractivity contribution in [1.82, 2.24) is 4.90 Å². The fraction of sp³-hybridized carbons (Fsp3) is 0.821. The molecule has 0 bridgehead atoms. The number of hydrogen-bond acceptors (Lipinski definition) is 2. The highest BCUT2D eigenvalue weighted by Crippen LogP contribution is 2.43. The molecule has 1 aliphatic heterocycles. The maximum absolute atomic E-state index is 14.2. The molecule has 0 amide bonds. The highest BCUT2D eigenvalue weighted by molar-refractivity contribution is 6.09. The number of nitrogens with zero attached hydrogens (tertiary/aromatic N) is 1. The molecule has 1 heterocycles. The van der Waals surface area contributed by atoms with Gasteiger partial charge >= 0.3 is 0 Å². The summed E-state index contributed by atoms with van der Waals surface area (Å²) in [6.45, 7) is 30.4. The van der Waals surface area contributed by atoms with Gasteiger partial charge in [-0.15, -0.1) is 0 Å². The topological polar surface area (TPSA) is 20.3 Å². The van der Waals surface area contributed by atoms with E-state index in [1.54, 1.807) is 0 Å². The Bertz CT molecular complexity index is 664. The van der Waals surface area contributed by atoms with E-state index in [0.29, 0.717) is 11.8 Å². The summed E-state index contributed by atoms with van der Waals surface area (Å²) in [7, 11) is 0. The second-order valence-electron chi connectivity index (χ2n) is 13.1. The van der Waals surface area contributed by atoms with E-state index in [4.69, 9.17) is 0 Å². The first-order chi connectivity index (χ1) is 13.3. The zero-order chi connectivity index (χ0) is 23.7. The Hall–Kier alpha value is -1.05. The van der Waals surface area contributed by atoms with E-state index in [9.17, 15) is 4.79 Å². The van der Waals surface area contributed by atoms with Crippen molar-refractivity contribution in [2.24, 2.45) is 28.1 Å². The van der Waals surface area contributed by atoms with Crippen molar-refractivity contribution in [3.05, 3.63) is 23.4 Å². The minimum Gasteiger partial charge on any atom is -0.372 e. The van der Waals surface area contributed by atoms with E-state index in [1.165, 1.54) is 0 Å². The van der Waals surface area contributed by atoms with Crippen molar-refractivity contribution in [3.63, 3.8) is 0 Å². The van der Waals surface area contributed by atoms with Crippen molar-refractivity contribution in [2.75, 3.05) is 6.54 Å². The number of allylic oxidation sites excluding steroid dienone is 3. The summed E-state index contributed by atoms with van der Waals surface area (Å²) in [6, 6.07) is 0. The summed E-state index contributed by atoms with van der Waals surface area (Å²) >= 11 is 0. The molecule has 2 nitrogen and oxygen atoms in total. The van der Waals surface area contributed by atoms with Crippen molar-refractivity contribution in [3.8, 4) is 0 Å². The predicted molar refractivity (Wildman–Crippen MR) is 133 cm³/mol. The standard InChI is InChI=1S/C28H51NO/c1-14-15-27(10,11)22(18-20(2)21(3)25(4,5)6)24(30)23-19-29(26(7,8)9)17-16-28(23,12)13/h18-21H,14-17H2,1-13H3. The molecule has 30 heavy (non-hydrogen) atoms. The molecule has 2 heteroatoms. The Morgan fingerprint density at radius 2 is 1.63 bits per heavy atom. The molecule has 174 valence electrons. The van der Waals surface area contributed by atoms with Crippen molar-refractivity contribution in [1.29, 1.82) is 0 Å². The van der Waals surface area contributed by atoms with E-state index < -0.39 is 0 Å². The van der Waals surface area contributed by atoms with Crippen LogP contribution < -0.4 is 0 Å². The zero-order valence-electron chi connectivity index (χ0n) is 22.5. The van der Waals surface area contributed by atoms with Crippen molar-refractivity contribution in [2.45, 2.75) is 115 Å². The SMILES string of the molecule is CCCC(C)(C)C(=CC(C)C(C)C(C)(C)C)C(=O)C1=CN(C(C)(C)C)CCC1(C)C. The molecule has 0 spiro atoms. The zero-order valence-corrected chi connectivity index (χ0v) is 22.5. The van der Waals surface area contributed by atoms with Crippen LogP contribution in [0.1, 0.15) is 109 Å². The Morgan fingerprint density at radius 1 is 1.10 bits per heavy atom. The molecule has 0 N–H and O–H groups in total. The second kappa shape index (κ2) is 9.21. The first-order valence-corrected chi connectivity index (χ1v) is 12.1. The Labute approximate surface area is 188 Å². The van der Waals surface area contributed by atoms with Gasteiger partial charge in [0.25, 0.3) is 0 Å². The molecule has 2 atom stereocenters. The first-order valence-electron chi connectivity index (χ1n) is 12.1. The van der Waals surface area contributed by atoms with Gasteiger partial charge in [0, 0.05) is 29.4 Å². The molecule has 0 aromatic rings. The van der Waals surface area contributed by atoms with Gasteiger partial charge in [0.05, 0.1) is 0 Å². The molecular formula is C28H51NO. The first kappa shape index (κ1) is 27.0. The highest BCUT2D eigenvalue weighted by Gasteiger charge is 2.40. The molecule has 0 fully saturated rings. The molecule has 1 rings (SSSR count). The summed E-state index contributed by atoms with van der Waals surface area (Å²) in [5.41, 5.74) is 2.01. The molecule has 2 unspecified atom stereocenters. The lowest BCUT2D eigenvalue weighted by molar-refractivity contribution is -0.114. The maximum Gasteiger partial charge on any atom is 0.187 e. The third-order valence-corrected chi connectivity index (χ3v) is 7.53. The molecule has 0 aliphatic carbocycles. The van der Waals surface area contributed by atoms with Crippen LogP contribution in [0.4, 0.5) is 0 Å². The molecular weight excluding hydrogens is 366 g/mol. The highest BCUT2D eigenvalue weighted by atomic mass is 16.1. The molecule has 0 radical (unpaired) electrons. The summed E-state index contributed by atoms with van der Waals surface area (Å²) in [5, 5.41) is 0. The number of rotatable bonds is 7. The quantitative estimate of drug-likeness (QED) is 0.391. The molecule has 0 saturated heterocycles. The van der Waals surface area contributed by atoms with Crippen LogP contribution in [0.2, 0.25) is 0 Å². The molecule has 0 aromatic heterocycles. The van der Waals surface area contributed by atoms with E-state index in [1.807, 2.05) is 0 Å². The van der Waals surface area contributed by atoms with Crippen LogP contribution in [0.3, 0.4) is 0 Å². The van der Waals surface area contributed by atoms with Gasteiger partial charge in [0.15, 0.2) is 5.78 Å². The van der Waals surface area contributed by atoms with Crippen LogP contribution >= 0.6 is 0 Å².